The van der Waals surface area contributed by atoms with Crippen LogP contribution >= 0.6 is 11.6 Å². The van der Waals surface area contributed by atoms with E-state index in [1.807, 2.05) is 48.5 Å². The van der Waals surface area contributed by atoms with Crippen LogP contribution in [0.5, 0.6) is 5.75 Å². The summed E-state index contributed by atoms with van der Waals surface area (Å²) in [7, 11) is 0. The third-order valence-corrected chi connectivity index (χ3v) is 6.57. The molecule has 0 unspecified atom stereocenters. The van der Waals surface area contributed by atoms with Crippen molar-refractivity contribution in [1.29, 1.82) is 0 Å². The number of hydrogen-bond acceptors (Lipinski definition) is 5. The highest BCUT2D eigenvalue weighted by Crippen LogP contribution is 2.32. The zero-order valence-corrected chi connectivity index (χ0v) is 19.8. The second-order valence-electron chi connectivity index (χ2n) is 8.66. The van der Waals surface area contributed by atoms with Crippen LogP contribution in [0, 0.1) is 0 Å². The minimum atomic E-state index is 0.264. The summed E-state index contributed by atoms with van der Waals surface area (Å²) in [6.07, 6.45) is 1.73. The molecule has 5 rings (SSSR count). The molecule has 0 atom stereocenters. The van der Waals surface area contributed by atoms with Gasteiger partial charge in [-0.1, -0.05) is 54.1 Å². The van der Waals surface area contributed by atoms with Gasteiger partial charge in [-0.15, -0.1) is 0 Å². The number of halogens is 1. The number of ether oxygens (including phenoxy) is 1. The Bertz CT molecular complexity index is 1260. The molecule has 1 saturated heterocycles. The fourth-order valence-electron chi connectivity index (χ4n) is 4.53. The predicted molar refractivity (Wildman–Crippen MR) is 137 cm³/mol. The van der Waals surface area contributed by atoms with E-state index in [1.165, 1.54) is 0 Å². The Labute approximate surface area is 205 Å². The molecule has 4 aromatic rings. The van der Waals surface area contributed by atoms with E-state index in [0.717, 1.165) is 59.0 Å². The molecule has 0 amide bonds. The van der Waals surface area contributed by atoms with Crippen molar-refractivity contribution in [1.82, 2.24) is 9.88 Å². The van der Waals surface area contributed by atoms with Crippen LogP contribution in [0.3, 0.4) is 0 Å². The van der Waals surface area contributed by atoms with Crippen molar-refractivity contribution in [3.63, 3.8) is 0 Å². The Hall–Kier alpha value is -3.12. The highest BCUT2D eigenvalue weighted by Gasteiger charge is 2.20. The van der Waals surface area contributed by atoms with Gasteiger partial charge in [0, 0.05) is 60.6 Å². The summed E-state index contributed by atoms with van der Waals surface area (Å²) in [5.74, 6) is 0.264. The molecule has 1 N–H and O–H groups in total. The van der Waals surface area contributed by atoms with Gasteiger partial charge >= 0.3 is 0 Å². The molecular weight excluding hydrogens is 446 g/mol. The van der Waals surface area contributed by atoms with E-state index in [0.29, 0.717) is 25.3 Å². The van der Waals surface area contributed by atoms with Crippen LogP contribution < -0.4 is 4.90 Å². The molecule has 2 heterocycles. The van der Waals surface area contributed by atoms with Crippen molar-refractivity contribution in [3.8, 4) is 5.75 Å². The number of piperazine rings is 1. The van der Waals surface area contributed by atoms with Crippen LogP contribution in [0.25, 0.3) is 10.9 Å². The van der Waals surface area contributed by atoms with Gasteiger partial charge in [0.05, 0.1) is 13.2 Å². The van der Waals surface area contributed by atoms with E-state index in [2.05, 4.69) is 39.0 Å². The summed E-state index contributed by atoms with van der Waals surface area (Å²) >= 11 is 6.17. The number of phenols is 1. The van der Waals surface area contributed by atoms with Crippen molar-refractivity contribution in [2.24, 2.45) is 0 Å². The van der Waals surface area contributed by atoms with Gasteiger partial charge in [-0.05, 0) is 41.5 Å². The number of benzene rings is 3. The number of rotatable bonds is 7. The highest BCUT2D eigenvalue weighted by molar-refractivity contribution is 6.30. The second kappa shape index (κ2) is 10.4. The smallest absolute Gasteiger partial charge is 0.146 e. The topological polar surface area (TPSA) is 48.8 Å². The van der Waals surface area contributed by atoms with Gasteiger partial charge in [-0.2, -0.15) is 0 Å². The van der Waals surface area contributed by atoms with Gasteiger partial charge in [0.25, 0.3) is 0 Å². The largest absolute Gasteiger partial charge is 0.505 e. The number of anilines is 1. The molecule has 0 radical (unpaired) electrons. The van der Waals surface area contributed by atoms with Gasteiger partial charge in [0.2, 0.25) is 0 Å². The van der Waals surface area contributed by atoms with Crippen LogP contribution in [0.1, 0.15) is 16.7 Å². The predicted octanol–water partition coefficient (Wildman–Crippen LogP) is 5.63. The minimum absolute atomic E-state index is 0.264. The first-order valence-electron chi connectivity index (χ1n) is 11.6. The van der Waals surface area contributed by atoms with Crippen LogP contribution in [0.4, 0.5) is 5.69 Å². The number of aromatic hydroxyl groups is 1. The molecule has 0 aliphatic carbocycles. The Morgan fingerprint density at radius 2 is 1.68 bits per heavy atom. The Morgan fingerprint density at radius 1 is 0.853 bits per heavy atom. The highest BCUT2D eigenvalue weighted by atomic mass is 35.5. The molecule has 1 fully saturated rings. The number of phenolic OH excluding ortho intramolecular Hbond substituents is 1. The Balaban J connectivity index is 1.29. The first kappa shape index (κ1) is 22.7. The van der Waals surface area contributed by atoms with Crippen LogP contribution in [-0.4, -0.2) is 41.2 Å². The monoisotopic (exact) mass is 473 g/mol. The summed E-state index contributed by atoms with van der Waals surface area (Å²) in [6.45, 7) is 5.34. The number of aromatic nitrogens is 1. The van der Waals surface area contributed by atoms with Gasteiger partial charge in [0.15, 0.2) is 0 Å². The van der Waals surface area contributed by atoms with Crippen LogP contribution in [0.2, 0.25) is 5.02 Å². The average molecular weight is 474 g/mol. The lowest BCUT2D eigenvalue weighted by molar-refractivity contribution is 0.108. The molecule has 174 valence electrons. The maximum absolute atomic E-state index is 11.0. The maximum Gasteiger partial charge on any atom is 0.146 e. The quantitative estimate of drug-likeness (QED) is 0.377. The van der Waals surface area contributed by atoms with Gasteiger partial charge in [0.1, 0.15) is 11.3 Å². The molecule has 34 heavy (non-hydrogen) atoms. The maximum atomic E-state index is 11.0. The summed E-state index contributed by atoms with van der Waals surface area (Å²) in [5.41, 5.74) is 4.87. The van der Waals surface area contributed by atoms with Gasteiger partial charge < -0.3 is 14.7 Å². The van der Waals surface area contributed by atoms with Crippen molar-refractivity contribution < 1.29 is 9.84 Å². The summed E-state index contributed by atoms with van der Waals surface area (Å²) in [5, 5.41) is 12.7. The lowest BCUT2D eigenvalue weighted by Crippen LogP contribution is -2.46. The van der Waals surface area contributed by atoms with Crippen molar-refractivity contribution in [3.05, 3.63) is 101 Å². The number of fused-ring (bicyclic) bond motifs is 1. The van der Waals surface area contributed by atoms with E-state index in [9.17, 15) is 5.11 Å². The SMILES string of the molecule is Oc1c(CN2CCN(c3cccc(Cl)c3)CC2)cc(COCc2ccccc2)c2cccnc12. The minimum Gasteiger partial charge on any atom is -0.505 e. The third kappa shape index (κ3) is 5.17. The molecular formula is C28H28ClN3O2. The zero-order valence-electron chi connectivity index (χ0n) is 19.0. The van der Waals surface area contributed by atoms with E-state index in [4.69, 9.17) is 16.3 Å². The molecule has 3 aromatic carbocycles. The lowest BCUT2D eigenvalue weighted by atomic mass is 10.0. The third-order valence-electron chi connectivity index (χ3n) is 6.34. The van der Waals surface area contributed by atoms with Gasteiger partial charge in [-0.25, -0.2) is 0 Å². The normalized spacial score (nSPS) is 14.6. The number of hydrogen-bond donors (Lipinski definition) is 1. The molecule has 0 bridgehead atoms. The molecule has 5 nitrogen and oxygen atoms in total. The number of nitrogens with zero attached hydrogens (tertiary/aromatic N) is 3. The Morgan fingerprint density at radius 3 is 2.47 bits per heavy atom. The molecule has 0 spiro atoms. The first-order valence-corrected chi connectivity index (χ1v) is 12.0. The second-order valence-corrected chi connectivity index (χ2v) is 9.10. The van der Waals surface area contributed by atoms with Crippen LogP contribution in [0.15, 0.2) is 79.0 Å². The standard InChI is InChI=1S/C28H28ClN3O2/c29-24-8-4-9-25(17-24)32-14-12-31(13-15-32)18-22-16-23(20-34-19-21-6-2-1-3-7-21)26-10-5-11-30-27(26)28(22)33/h1-11,16-17,33H,12-15,18-20H2. The van der Waals surface area contributed by atoms with E-state index in [1.54, 1.807) is 6.20 Å². The summed E-state index contributed by atoms with van der Waals surface area (Å²) in [6, 6.07) is 24.1. The van der Waals surface area contributed by atoms with Crippen molar-refractivity contribution >= 4 is 28.2 Å². The summed E-state index contributed by atoms with van der Waals surface area (Å²) < 4.78 is 6.03. The average Bonchev–Trinajstić information content (AvgIpc) is 2.88. The van der Waals surface area contributed by atoms with Crippen LogP contribution in [-0.2, 0) is 24.5 Å². The van der Waals surface area contributed by atoms with E-state index in [-0.39, 0.29) is 5.75 Å². The van der Waals surface area contributed by atoms with Crippen molar-refractivity contribution in [2.45, 2.75) is 19.8 Å². The van der Waals surface area contributed by atoms with E-state index < -0.39 is 0 Å². The van der Waals surface area contributed by atoms with E-state index >= 15 is 0 Å². The van der Waals surface area contributed by atoms with Gasteiger partial charge in [-0.3, -0.25) is 9.88 Å². The summed E-state index contributed by atoms with van der Waals surface area (Å²) in [4.78, 5) is 9.21. The molecule has 0 saturated carbocycles. The molecule has 1 aliphatic heterocycles. The first-order chi connectivity index (χ1) is 16.7. The lowest BCUT2D eigenvalue weighted by Gasteiger charge is -2.36. The zero-order chi connectivity index (χ0) is 23.3. The molecule has 1 aromatic heterocycles. The number of pyridine rings is 1. The fourth-order valence-corrected chi connectivity index (χ4v) is 4.72. The Kier molecular flexibility index (Phi) is 6.95. The molecule has 6 heteroatoms. The van der Waals surface area contributed by atoms with Crippen molar-refractivity contribution in [2.75, 3.05) is 31.1 Å². The fraction of sp³-hybridized carbons (Fsp3) is 0.250. The molecule has 1 aliphatic rings.